The van der Waals surface area contributed by atoms with E-state index in [1.807, 2.05) is 18.2 Å². The SMILES string of the molecule is CCc1ccc(OCC(=O)NC(=S)Nc2ccc(Cl)c(Cl)c2)c(Br)c1. The Kier molecular flexibility index (Phi) is 7.50. The lowest BCUT2D eigenvalue weighted by Crippen LogP contribution is -2.37. The van der Waals surface area contributed by atoms with Gasteiger partial charge in [0.05, 0.1) is 14.5 Å². The highest BCUT2D eigenvalue weighted by Gasteiger charge is 2.09. The van der Waals surface area contributed by atoms with Crippen LogP contribution in [0.4, 0.5) is 5.69 Å². The lowest BCUT2D eigenvalue weighted by atomic mass is 10.2. The van der Waals surface area contributed by atoms with E-state index in [0.29, 0.717) is 21.5 Å². The number of hydrogen-bond donors (Lipinski definition) is 2. The summed E-state index contributed by atoms with van der Waals surface area (Å²) in [4.78, 5) is 11.9. The van der Waals surface area contributed by atoms with E-state index in [4.69, 9.17) is 40.2 Å². The molecule has 2 N–H and O–H groups in total. The zero-order valence-electron chi connectivity index (χ0n) is 13.2. The number of rotatable bonds is 5. The highest BCUT2D eigenvalue weighted by molar-refractivity contribution is 9.10. The molecule has 0 aliphatic rings. The molecule has 2 aromatic carbocycles. The fourth-order valence-corrected chi connectivity index (χ4v) is 2.99. The molecular weight excluding hydrogens is 447 g/mol. The maximum absolute atomic E-state index is 11.9. The Bertz CT molecular complexity index is 802. The second-order valence-electron chi connectivity index (χ2n) is 5.04. The minimum Gasteiger partial charge on any atom is -0.483 e. The fourth-order valence-electron chi connectivity index (χ4n) is 1.92. The van der Waals surface area contributed by atoms with Crippen molar-refractivity contribution in [3.63, 3.8) is 0 Å². The van der Waals surface area contributed by atoms with E-state index in [2.05, 4.69) is 33.5 Å². The van der Waals surface area contributed by atoms with Crippen molar-refractivity contribution >= 4 is 68.1 Å². The van der Waals surface area contributed by atoms with Crippen molar-refractivity contribution < 1.29 is 9.53 Å². The van der Waals surface area contributed by atoms with Crippen LogP contribution >= 0.6 is 51.3 Å². The van der Waals surface area contributed by atoms with E-state index in [-0.39, 0.29) is 17.6 Å². The molecule has 0 aromatic heterocycles. The standard InChI is InChI=1S/C17H15BrCl2N2O2S/c1-2-10-3-6-15(12(18)7-10)24-9-16(23)22-17(25)21-11-4-5-13(19)14(20)8-11/h3-8H,2,9H2,1H3,(H2,21,22,23,25). The molecular formula is C17H15BrCl2N2O2S. The molecule has 0 unspecified atom stereocenters. The summed E-state index contributed by atoms with van der Waals surface area (Å²) in [6.07, 6.45) is 0.925. The van der Waals surface area contributed by atoms with Gasteiger partial charge in [-0.1, -0.05) is 36.2 Å². The van der Waals surface area contributed by atoms with Crippen molar-refractivity contribution in [2.75, 3.05) is 11.9 Å². The monoisotopic (exact) mass is 460 g/mol. The van der Waals surface area contributed by atoms with Gasteiger partial charge in [0.25, 0.3) is 5.91 Å². The third kappa shape index (κ3) is 6.15. The lowest BCUT2D eigenvalue weighted by molar-refractivity contribution is -0.121. The molecule has 0 heterocycles. The summed E-state index contributed by atoms with van der Waals surface area (Å²) < 4.78 is 6.30. The molecule has 25 heavy (non-hydrogen) atoms. The van der Waals surface area contributed by atoms with E-state index in [1.165, 1.54) is 5.56 Å². The Balaban J connectivity index is 1.85. The number of aryl methyl sites for hydroxylation is 1. The van der Waals surface area contributed by atoms with E-state index in [1.54, 1.807) is 18.2 Å². The number of thiocarbonyl (C=S) groups is 1. The smallest absolute Gasteiger partial charge is 0.264 e. The zero-order valence-corrected chi connectivity index (χ0v) is 17.2. The number of nitrogens with one attached hydrogen (secondary N) is 2. The van der Waals surface area contributed by atoms with Gasteiger partial charge in [0.1, 0.15) is 5.75 Å². The molecule has 0 fully saturated rings. The van der Waals surface area contributed by atoms with E-state index < -0.39 is 0 Å². The van der Waals surface area contributed by atoms with Crippen molar-refractivity contribution in [1.29, 1.82) is 0 Å². The molecule has 8 heteroatoms. The van der Waals surface area contributed by atoms with Gasteiger partial charge >= 0.3 is 0 Å². The maximum Gasteiger partial charge on any atom is 0.264 e. The van der Waals surface area contributed by atoms with Crippen molar-refractivity contribution in [2.45, 2.75) is 13.3 Å². The Morgan fingerprint density at radius 1 is 1.20 bits per heavy atom. The molecule has 1 amide bonds. The third-order valence-corrected chi connectivity index (χ3v) is 4.76. The van der Waals surface area contributed by atoms with Crippen LogP contribution in [-0.4, -0.2) is 17.6 Å². The topological polar surface area (TPSA) is 50.4 Å². The Morgan fingerprint density at radius 3 is 2.60 bits per heavy atom. The van der Waals surface area contributed by atoms with Gasteiger partial charge in [-0.05, 0) is 70.5 Å². The van der Waals surface area contributed by atoms with Gasteiger partial charge < -0.3 is 10.1 Å². The molecule has 0 aliphatic heterocycles. The third-order valence-electron chi connectivity index (χ3n) is 3.19. The number of halogens is 3. The zero-order chi connectivity index (χ0) is 18.4. The normalized spacial score (nSPS) is 10.2. The van der Waals surface area contributed by atoms with Gasteiger partial charge in [0, 0.05) is 5.69 Å². The van der Waals surface area contributed by atoms with Crippen LogP contribution in [0.2, 0.25) is 10.0 Å². The van der Waals surface area contributed by atoms with Crippen LogP contribution in [0.3, 0.4) is 0 Å². The van der Waals surface area contributed by atoms with Gasteiger partial charge in [0.15, 0.2) is 11.7 Å². The van der Waals surface area contributed by atoms with Gasteiger partial charge in [-0.2, -0.15) is 0 Å². The van der Waals surface area contributed by atoms with Crippen LogP contribution in [0.1, 0.15) is 12.5 Å². The number of hydrogen-bond acceptors (Lipinski definition) is 3. The molecule has 0 atom stereocenters. The average Bonchev–Trinajstić information content (AvgIpc) is 2.56. The number of carbonyl (C=O) groups is 1. The molecule has 0 aliphatic carbocycles. The number of amides is 1. The number of benzene rings is 2. The Morgan fingerprint density at radius 2 is 1.96 bits per heavy atom. The van der Waals surface area contributed by atoms with Gasteiger partial charge in [-0.3, -0.25) is 10.1 Å². The van der Waals surface area contributed by atoms with Crippen LogP contribution in [0.15, 0.2) is 40.9 Å². The summed E-state index contributed by atoms with van der Waals surface area (Å²) in [6.45, 7) is 1.91. The lowest BCUT2D eigenvalue weighted by Gasteiger charge is -2.12. The predicted octanol–water partition coefficient (Wildman–Crippen LogP) is 5.21. The van der Waals surface area contributed by atoms with Crippen molar-refractivity contribution in [3.05, 3.63) is 56.5 Å². The Labute approximate surface area is 170 Å². The molecule has 0 bridgehead atoms. The first-order valence-electron chi connectivity index (χ1n) is 7.36. The molecule has 4 nitrogen and oxygen atoms in total. The molecule has 132 valence electrons. The van der Waals surface area contributed by atoms with Crippen LogP contribution in [0.5, 0.6) is 5.75 Å². The number of ether oxygens (including phenoxy) is 1. The van der Waals surface area contributed by atoms with Crippen molar-refractivity contribution in [3.8, 4) is 5.75 Å². The van der Waals surface area contributed by atoms with Crippen molar-refractivity contribution in [1.82, 2.24) is 5.32 Å². The second kappa shape index (κ2) is 9.38. The van der Waals surface area contributed by atoms with Gasteiger partial charge in [-0.25, -0.2) is 0 Å². The number of carbonyl (C=O) groups excluding carboxylic acids is 1. The minimum absolute atomic E-state index is 0.146. The summed E-state index contributed by atoms with van der Waals surface area (Å²) in [7, 11) is 0. The molecule has 0 saturated carbocycles. The predicted molar refractivity (Wildman–Crippen MR) is 110 cm³/mol. The first-order chi connectivity index (χ1) is 11.9. The first-order valence-corrected chi connectivity index (χ1v) is 9.32. The van der Waals surface area contributed by atoms with E-state index in [0.717, 1.165) is 10.9 Å². The summed E-state index contributed by atoms with van der Waals surface area (Å²) in [5.74, 6) is 0.222. The minimum atomic E-state index is -0.371. The molecule has 0 radical (unpaired) electrons. The summed E-state index contributed by atoms with van der Waals surface area (Å²) in [5, 5.41) is 6.38. The van der Waals surface area contributed by atoms with E-state index >= 15 is 0 Å². The van der Waals surface area contributed by atoms with Crippen LogP contribution in [-0.2, 0) is 11.2 Å². The maximum atomic E-state index is 11.9. The van der Waals surface area contributed by atoms with Gasteiger partial charge in [0.2, 0.25) is 0 Å². The summed E-state index contributed by atoms with van der Waals surface area (Å²) >= 11 is 20.3. The molecule has 0 saturated heterocycles. The molecule has 0 spiro atoms. The van der Waals surface area contributed by atoms with E-state index in [9.17, 15) is 4.79 Å². The fraction of sp³-hybridized carbons (Fsp3) is 0.176. The van der Waals surface area contributed by atoms with Crippen LogP contribution in [0.25, 0.3) is 0 Å². The van der Waals surface area contributed by atoms with Crippen molar-refractivity contribution in [2.24, 2.45) is 0 Å². The molecule has 2 rings (SSSR count). The highest BCUT2D eigenvalue weighted by atomic mass is 79.9. The summed E-state index contributed by atoms with van der Waals surface area (Å²) in [6, 6.07) is 10.7. The van der Waals surface area contributed by atoms with Crippen LogP contribution < -0.4 is 15.4 Å². The Hall–Kier alpha value is -1.34. The molecule has 2 aromatic rings. The van der Waals surface area contributed by atoms with Gasteiger partial charge in [-0.15, -0.1) is 0 Å². The summed E-state index contributed by atoms with van der Waals surface area (Å²) in [5.41, 5.74) is 1.80. The average molecular weight is 462 g/mol. The largest absolute Gasteiger partial charge is 0.483 e. The first kappa shape index (κ1) is 20.0. The van der Waals surface area contributed by atoms with Crippen LogP contribution in [0, 0.1) is 0 Å². The number of anilines is 1. The quantitative estimate of drug-likeness (QED) is 0.600. The highest BCUT2D eigenvalue weighted by Crippen LogP contribution is 2.26. The second-order valence-corrected chi connectivity index (χ2v) is 7.12.